The molecule has 0 saturated heterocycles. The number of hydrogen-bond acceptors (Lipinski definition) is 5. The Balaban J connectivity index is 1.67. The van der Waals surface area contributed by atoms with E-state index in [1.165, 1.54) is 43.5 Å². The Hall–Kier alpha value is -4.14. The number of ketones is 1. The molecule has 0 unspecified atom stereocenters. The molecule has 0 bridgehead atoms. The molecule has 0 aliphatic carbocycles. The Labute approximate surface area is 220 Å². The minimum absolute atomic E-state index is 0.0690. The normalized spacial score (nSPS) is 11.0. The van der Waals surface area contributed by atoms with Crippen LogP contribution in [-0.2, 0) is 10.0 Å². The predicted molar refractivity (Wildman–Crippen MR) is 144 cm³/mol. The summed E-state index contributed by atoms with van der Waals surface area (Å²) in [6.45, 7) is 1.80. The van der Waals surface area contributed by atoms with Gasteiger partial charge in [0.25, 0.3) is 15.9 Å². The van der Waals surface area contributed by atoms with Gasteiger partial charge in [0.05, 0.1) is 23.4 Å². The third-order valence-corrected chi connectivity index (χ3v) is 7.22. The monoisotopic (exact) mass is 534 g/mol. The summed E-state index contributed by atoms with van der Waals surface area (Å²) in [5.41, 5.74) is 1.94. The minimum Gasteiger partial charge on any atom is -0.495 e. The molecule has 4 aromatic carbocycles. The largest absolute Gasteiger partial charge is 0.495 e. The average Bonchev–Trinajstić information content (AvgIpc) is 2.90. The van der Waals surface area contributed by atoms with Crippen LogP contribution < -0.4 is 14.8 Å². The van der Waals surface area contributed by atoms with E-state index in [1.54, 1.807) is 55.5 Å². The summed E-state index contributed by atoms with van der Waals surface area (Å²) in [6, 6.07) is 23.9. The zero-order chi connectivity index (χ0) is 26.6. The third kappa shape index (κ3) is 5.82. The lowest BCUT2D eigenvalue weighted by Gasteiger charge is -2.15. The van der Waals surface area contributed by atoms with Crippen molar-refractivity contribution in [2.45, 2.75) is 11.8 Å². The van der Waals surface area contributed by atoms with Crippen molar-refractivity contribution >= 4 is 44.7 Å². The highest BCUT2D eigenvalue weighted by Gasteiger charge is 2.22. The van der Waals surface area contributed by atoms with E-state index in [9.17, 15) is 18.0 Å². The maximum absolute atomic E-state index is 13.4. The second-order valence-corrected chi connectivity index (χ2v) is 10.2. The summed E-state index contributed by atoms with van der Waals surface area (Å²) in [4.78, 5) is 25.8. The van der Waals surface area contributed by atoms with Crippen molar-refractivity contribution in [2.24, 2.45) is 0 Å². The molecule has 0 aliphatic rings. The van der Waals surface area contributed by atoms with Gasteiger partial charge in [0, 0.05) is 21.7 Å². The van der Waals surface area contributed by atoms with Crippen LogP contribution in [0.25, 0.3) is 0 Å². The summed E-state index contributed by atoms with van der Waals surface area (Å²) in [7, 11) is -2.76. The number of nitrogens with one attached hydrogen (secondary N) is 2. The molecule has 0 spiro atoms. The van der Waals surface area contributed by atoms with Crippen molar-refractivity contribution in [3.63, 3.8) is 0 Å². The van der Waals surface area contributed by atoms with E-state index in [0.717, 1.165) is 5.56 Å². The first-order valence-electron chi connectivity index (χ1n) is 11.2. The van der Waals surface area contributed by atoms with Gasteiger partial charge in [-0.25, -0.2) is 8.42 Å². The molecule has 0 aliphatic heterocycles. The fourth-order valence-corrected chi connectivity index (χ4v) is 4.99. The van der Waals surface area contributed by atoms with Crippen LogP contribution in [0.4, 0.5) is 11.4 Å². The highest BCUT2D eigenvalue weighted by atomic mass is 35.5. The molecule has 4 aromatic rings. The van der Waals surface area contributed by atoms with Crippen LogP contribution in [0.3, 0.4) is 0 Å². The van der Waals surface area contributed by atoms with Crippen LogP contribution in [0.2, 0.25) is 5.02 Å². The Morgan fingerprint density at radius 1 is 0.811 bits per heavy atom. The lowest BCUT2D eigenvalue weighted by molar-refractivity contribution is 0.102. The maximum atomic E-state index is 13.4. The van der Waals surface area contributed by atoms with E-state index in [0.29, 0.717) is 11.1 Å². The maximum Gasteiger partial charge on any atom is 0.261 e. The number of carbonyl (C=O) groups is 2. The molecule has 2 N–H and O–H groups in total. The van der Waals surface area contributed by atoms with Gasteiger partial charge in [0.1, 0.15) is 5.75 Å². The van der Waals surface area contributed by atoms with Crippen molar-refractivity contribution in [3.8, 4) is 5.75 Å². The molecule has 7 nitrogen and oxygen atoms in total. The zero-order valence-corrected chi connectivity index (χ0v) is 21.6. The van der Waals surface area contributed by atoms with Gasteiger partial charge in [-0.1, -0.05) is 60.1 Å². The molecule has 0 heterocycles. The zero-order valence-electron chi connectivity index (χ0n) is 20.0. The lowest BCUT2D eigenvalue weighted by atomic mass is 10.0. The first kappa shape index (κ1) is 25.9. The molecule has 1 amide bonds. The van der Waals surface area contributed by atoms with Crippen molar-refractivity contribution in [3.05, 3.63) is 118 Å². The smallest absolute Gasteiger partial charge is 0.261 e. The van der Waals surface area contributed by atoms with Crippen LogP contribution in [0.1, 0.15) is 31.8 Å². The van der Waals surface area contributed by atoms with Crippen molar-refractivity contribution in [2.75, 3.05) is 17.1 Å². The van der Waals surface area contributed by atoms with Crippen molar-refractivity contribution in [1.82, 2.24) is 0 Å². The fraction of sp³-hybridized carbons (Fsp3) is 0.0714. The number of aryl methyl sites for hydroxylation is 1. The first-order valence-corrected chi connectivity index (χ1v) is 13.0. The number of halogens is 1. The van der Waals surface area contributed by atoms with E-state index in [-0.39, 0.29) is 38.4 Å². The number of ether oxygens (including phenoxy) is 1. The van der Waals surface area contributed by atoms with Crippen molar-refractivity contribution < 1.29 is 22.7 Å². The molecule has 188 valence electrons. The van der Waals surface area contributed by atoms with Gasteiger partial charge in [-0.2, -0.15) is 0 Å². The molecule has 37 heavy (non-hydrogen) atoms. The van der Waals surface area contributed by atoms with Gasteiger partial charge in [0.15, 0.2) is 5.78 Å². The first-order chi connectivity index (χ1) is 17.7. The molecule has 0 aromatic heterocycles. The highest BCUT2D eigenvalue weighted by molar-refractivity contribution is 7.92. The van der Waals surface area contributed by atoms with E-state index < -0.39 is 15.9 Å². The van der Waals surface area contributed by atoms with Gasteiger partial charge in [-0.15, -0.1) is 0 Å². The molecule has 0 fully saturated rings. The SMILES string of the molecule is COc1ccc(S(=O)(=O)Nc2ccc(Cl)cc2C(=O)c2ccccc2)cc1NC(=O)c1ccccc1C. The number of methoxy groups -OCH3 is 1. The predicted octanol–water partition coefficient (Wildman–Crippen LogP) is 5.94. The van der Waals surface area contributed by atoms with Gasteiger partial charge >= 0.3 is 0 Å². The molecule has 0 atom stereocenters. The molecular formula is C28H23ClN2O5S. The van der Waals surface area contributed by atoms with E-state index in [2.05, 4.69) is 10.0 Å². The van der Waals surface area contributed by atoms with Gasteiger partial charge in [-0.05, 0) is 55.0 Å². The Morgan fingerprint density at radius 2 is 1.51 bits per heavy atom. The van der Waals surface area contributed by atoms with Crippen LogP contribution in [-0.4, -0.2) is 27.2 Å². The summed E-state index contributed by atoms with van der Waals surface area (Å²) >= 11 is 6.12. The van der Waals surface area contributed by atoms with Crippen LogP contribution in [0, 0.1) is 6.92 Å². The Bertz CT molecular complexity index is 1590. The fourth-order valence-electron chi connectivity index (χ4n) is 3.71. The highest BCUT2D eigenvalue weighted by Crippen LogP contribution is 2.31. The average molecular weight is 535 g/mol. The van der Waals surface area contributed by atoms with Gasteiger partial charge < -0.3 is 10.1 Å². The minimum atomic E-state index is -4.17. The molecule has 9 heteroatoms. The topological polar surface area (TPSA) is 102 Å². The number of amides is 1. The molecule has 0 radical (unpaired) electrons. The second kappa shape index (κ2) is 10.9. The van der Waals surface area contributed by atoms with E-state index >= 15 is 0 Å². The number of anilines is 2. The summed E-state index contributed by atoms with van der Waals surface area (Å²) in [5, 5.41) is 3.01. The van der Waals surface area contributed by atoms with Crippen LogP contribution >= 0.6 is 11.6 Å². The quantitative estimate of drug-likeness (QED) is 0.272. The van der Waals surface area contributed by atoms with Gasteiger partial charge in [-0.3, -0.25) is 14.3 Å². The molecular weight excluding hydrogens is 512 g/mol. The number of carbonyl (C=O) groups excluding carboxylic acids is 2. The summed E-state index contributed by atoms with van der Waals surface area (Å²) < 4.78 is 34.5. The van der Waals surface area contributed by atoms with Crippen LogP contribution in [0.15, 0.2) is 95.9 Å². The van der Waals surface area contributed by atoms with E-state index in [1.807, 2.05) is 6.07 Å². The number of sulfonamides is 1. The number of benzene rings is 4. The van der Waals surface area contributed by atoms with Gasteiger partial charge in [0.2, 0.25) is 0 Å². The molecule has 0 saturated carbocycles. The number of rotatable bonds is 8. The summed E-state index contributed by atoms with van der Waals surface area (Å²) in [5.74, 6) is -0.513. The van der Waals surface area contributed by atoms with E-state index in [4.69, 9.17) is 16.3 Å². The Morgan fingerprint density at radius 3 is 2.22 bits per heavy atom. The van der Waals surface area contributed by atoms with Crippen LogP contribution in [0.5, 0.6) is 5.75 Å². The standard InChI is InChI=1S/C28H23ClN2O5S/c1-18-8-6-7-11-22(18)28(33)30-25-17-21(13-15-26(25)36-2)37(34,35)31-24-14-12-20(29)16-23(24)27(32)19-9-4-3-5-10-19/h3-17,31H,1-2H3,(H,30,33). The number of hydrogen-bond donors (Lipinski definition) is 2. The second-order valence-electron chi connectivity index (χ2n) is 8.12. The molecule has 4 rings (SSSR count). The summed E-state index contributed by atoms with van der Waals surface area (Å²) in [6.07, 6.45) is 0. The lowest BCUT2D eigenvalue weighted by Crippen LogP contribution is -2.17. The third-order valence-electron chi connectivity index (χ3n) is 5.63. The van der Waals surface area contributed by atoms with Crippen molar-refractivity contribution in [1.29, 1.82) is 0 Å². The Kier molecular flexibility index (Phi) is 7.61.